The highest BCUT2D eigenvalue weighted by Crippen LogP contribution is 2.54. The maximum Gasteiger partial charge on any atom is 0.273 e. The summed E-state index contributed by atoms with van der Waals surface area (Å²) in [5.41, 5.74) is 22.8. The molecule has 0 spiro atoms. The van der Waals surface area contributed by atoms with Gasteiger partial charge in [-0.15, -0.1) is 22.7 Å². The minimum atomic E-state index is -0.771. The third-order valence-electron chi connectivity index (χ3n) is 23.4. The Labute approximate surface area is 680 Å². The molecule has 9 nitrogen and oxygen atoms in total. The highest BCUT2D eigenvalue weighted by atomic mass is 32.1. The van der Waals surface area contributed by atoms with E-state index in [1.165, 1.54) is 0 Å². The molecule has 14 heteroatoms. The van der Waals surface area contributed by atoms with Gasteiger partial charge in [-0.25, -0.2) is 0 Å². The molecule has 17 aromatic rings. The van der Waals surface area contributed by atoms with E-state index in [1.807, 2.05) is 186 Å². The highest BCUT2D eigenvalue weighted by Gasteiger charge is 2.51. The van der Waals surface area contributed by atoms with E-state index in [0.29, 0.717) is 73.8 Å². The minimum Gasteiger partial charge on any atom is -0.458 e. The summed E-state index contributed by atoms with van der Waals surface area (Å²) in [6.07, 6.45) is 0. The fourth-order valence-electron chi connectivity index (χ4n) is 19.0. The van der Waals surface area contributed by atoms with Crippen LogP contribution in [0.4, 0.5) is 96.7 Å². The van der Waals surface area contributed by atoms with Crippen molar-refractivity contribution in [3.8, 4) is 34.5 Å². The number of thiophene rings is 2. The van der Waals surface area contributed by atoms with Gasteiger partial charge in [-0.2, -0.15) is 0 Å². The zero-order valence-corrected chi connectivity index (χ0v) is 64.7. The van der Waals surface area contributed by atoms with Gasteiger partial charge in [-0.05, 0) is 218 Å². The van der Waals surface area contributed by atoms with Crippen LogP contribution in [-0.4, -0.2) is 20.1 Å². The molecule has 0 amide bonds. The predicted molar refractivity (Wildman–Crippen MR) is 482 cm³/mol. The standard InChI is InChI=1S/C100H71B3N6O3S2/c1-59-45-61(3)95(62(4)46-59)108-82-57-80-76(102-92-81(104-80)49-71(105(65-29-13-7-14-30-65)66-31-15-8-16-32-66)52-87(92)111-97-74-41-25-27-43-90(74)113-99(97)102)55-77(82)101-78-56-79-86(58-83(78)109(96-63(5)47-60(2)48-64(96)6)85-51-72(50-84(108)93(85)101)106(67-33-17-9-18-34-67)68-35-19-10-20-36-68)110-88-53-73(107(69-37-21-11-22-38-69)70-39-23-12-24-40-70)54-89-94(88)103(79)100-98(112-89)75-42-26-28-44-91(75)114-100/h7-58,104H,1-6H3/i49D,50D,51D,52D,53D,54D. The van der Waals surface area contributed by atoms with Crippen LogP contribution < -0.4 is 91.8 Å². The Balaban J connectivity index is 0.865. The van der Waals surface area contributed by atoms with Crippen molar-refractivity contribution in [2.45, 2.75) is 41.5 Å². The molecule has 0 aliphatic carbocycles. The van der Waals surface area contributed by atoms with E-state index in [0.717, 1.165) is 153 Å². The van der Waals surface area contributed by atoms with Gasteiger partial charge in [0.15, 0.2) is 0 Å². The summed E-state index contributed by atoms with van der Waals surface area (Å²) in [4.78, 5) is 10.7. The fraction of sp³-hybridized carbons (Fsp3) is 0.0600. The Hall–Kier alpha value is -13.4. The smallest absolute Gasteiger partial charge is 0.273 e. The number of nitrogens with zero attached hydrogens (tertiary/aromatic N) is 5. The van der Waals surface area contributed by atoms with E-state index in [2.05, 4.69) is 165 Å². The zero-order valence-electron chi connectivity index (χ0n) is 69.1. The van der Waals surface area contributed by atoms with E-state index in [9.17, 15) is 8.22 Å². The van der Waals surface area contributed by atoms with Gasteiger partial charge in [-0.1, -0.05) is 181 Å². The summed E-state index contributed by atoms with van der Waals surface area (Å²) in [5, 5.41) is 5.85. The highest BCUT2D eigenvalue weighted by molar-refractivity contribution is 7.34. The number of hydrogen-bond donors (Lipinski definition) is 1. The van der Waals surface area contributed by atoms with Gasteiger partial charge in [-0.3, -0.25) is 0 Å². The number of nitrogens with one attached hydrogen (secondary N) is 1. The largest absolute Gasteiger partial charge is 0.458 e. The Kier molecular flexibility index (Phi) is 13.5. The van der Waals surface area contributed by atoms with Crippen LogP contribution >= 0.6 is 22.7 Å². The number of rotatable bonds is 11. The summed E-state index contributed by atoms with van der Waals surface area (Å²) in [7, 11) is 0. The maximum absolute atomic E-state index is 11.8. The first-order valence-electron chi connectivity index (χ1n) is 41.7. The first kappa shape index (κ1) is 60.4. The molecule has 0 saturated heterocycles. The molecule has 23 rings (SSSR count). The van der Waals surface area contributed by atoms with Crippen LogP contribution in [0.25, 0.3) is 20.2 Å². The van der Waals surface area contributed by atoms with Crippen molar-refractivity contribution < 1.29 is 22.4 Å². The van der Waals surface area contributed by atoms with Crippen molar-refractivity contribution in [1.29, 1.82) is 0 Å². The molecule has 0 bridgehead atoms. The first-order valence-corrected chi connectivity index (χ1v) is 40.4. The Morgan fingerprint density at radius 3 is 1.11 bits per heavy atom. The molecule has 114 heavy (non-hydrogen) atoms. The Bertz CT molecular complexity index is 6730. The third-order valence-corrected chi connectivity index (χ3v) is 25.8. The molecule has 0 unspecified atom stereocenters. The molecule has 6 aliphatic rings. The molecule has 2 aromatic heterocycles. The number of ether oxygens (including phenoxy) is 3. The number of benzene rings is 15. The van der Waals surface area contributed by atoms with Crippen molar-refractivity contribution in [2.75, 3.05) is 29.8 Å². The van der Waals surface area contributed by atoms with Gasteiger partial charge >= 0.3 is 0 Å². The van der Waals surface area contributed by atoms with Gasteiger partial charge in [0.1, 0.15) is 34.5 Å². The van der Waals surface area contributed by atoms with Crippen LogP contribution in [0.1, 0.15) is 41.6 Å². The molecule has 0 saturated carbocycles. The Morgan fingerprint density at radius 2 is 0.667 bits per heavy atom. The monoisotopic (exact) mass is 1510 g/mol. The molecule has 0 atom stereocenters. The van der Waals surface area contributed by atoms with E-state index in [1.54, 1.807) is 22.7 Å². The lowest BCUT2D eigenvalue weighted by molar-refractivity contribution is 0.468. The normalized spacial score (nSPS) is 13.9. The van der Waals surface area contributed by atoms with E-state index in [-0.39, 0.29) is 42.0 Å². The lowest BCUT2D eigenvalue weighted by atomic mass is 9.30. The molecule has 15 aromatic carbocycles. The van der Waals surface area contributed by atoms with Crippen LogP contribution in [0.3, 0.4) is 0 Å². The van der Waals surface area contributed by atoms with Crippen LogP contribution in [0, 0.1) is 41.5 Å². The van der Waals surface area contributed by atoms with Gasteiger partial charge < -0.3 is 44.0 Å². The van der Waals surface area contributed by atoms with Gasteiger partial charge in [0.2, 0.25) is 0 Å². The molecule has 6 aliphatic heterocycles. The first-order chi connectivity index (χ1) is 58.6. The molecule has 540 valence electrons. The summed E-state index contributed by atoms with van der Waals surface area (Å²) in [6, 6.07) is 95.1. The van der Waals surface area contributed by atoms with E-state index < -0.39 is 20.1 Å². The number of hydrogen-bond acceptors (Lipinski definition) is 11. The molecule has 0 fully saturated rings. The van der Waals surface area contributed by atoms with Gasteiger partial charge in [0, 0.05) is 128 Å². The van der Waals surface area contributed by atoms with Crippen molar-refractivity contribution in [3.63, 3.8) is 0 Å². The lowest BCUT2D eigenvalue weighted by Gasteiger charge is -2.47. The molecular weight excluding hydrogens is 1430 g/mol. The van der Waals surface area contributed by atoms with Gasteiger partial charge in [0.25, 0.3) is 20.1 Å². The van der Waals surface area contributed by atoms with Crippen molar-refractivity contribution in [2.24, 2.45) is 0 Å². The van der Waals surface area contributed by atoms with Crippen molar-refractivity contribution in [3.05, 3.63) is 349 Å². The minimum absolute atomic E-state index is 0.0186. The molecular formula is C100H71B3N6O3S2. The third kappa shape index (κ3) is 10.1. The van der Waals surface area contributed by atoms with Gasteiger partial charge in [0.05, 0.1) is 36.7 Å². The van der Waals surface area contributed by atoms with Crippen LogP contribution in [-0.2, 0) is 0 Å². The summed E-state index contributed by atoms with van der Waals surface area (Å²) in [5.74, 6) is 2.73. The van der Waals surface area contributed by atoms with Crippen LogP contribution in [0.5, 0.6) is 34.5 Å². The lowest BCUT2D eigenvalue weighted by Crippen LogP contribution is -2.65. The van der Waals surface area contributed by atoms with E-state index in [4.69, 9.17) is 14.2 Å². The molecule has 8 heterocycles. The Morgan fingerprint density at radius 1 is 0.307 bits per heavy atom. The van der Waals surface area contributed by atoms with Crippen molar-refractivity contribution >= 4 is 207 Å². The topological polar surface area (TPSA) is 55.9 Å². The molecule has 1 N–H and O–H groups in total. The average Bonchev–Trinajstić information content (AvgIpc) is 1.10. The van der Waals surface area contributed by atoms with Crippen molar-refractivity contribution in [1.82, 2.24) is 0 Å². The quantitative estimate of drug-likeness (QED) is 0.128. The number of anilines is 17. The summed E-state index contributed by atoms with van der Waals surface area (Å²) < 4.78 is 93.3. The van der Waals surface area contributed by atoms with Crippen LogP contribution in [0.2, 0.25) is 0 Å². The second-order valence-electron chi connectivity index (χ2n) is 30.5. The summed E-state index contributed by atoms with van der Waals surface area (Å²) in [6.45, 7) is 10.9. The van der Waals surface area contributed by atoms with E-state index >= 15 is 0 Å². The van der Waals surface area contributed by atoms with Crippen LogP contribution in [0.15, 0.2) is 315 Å². The number of aryl methyl sites for hydroxylation is 6. The number of fused-ring (bicyclic) bond motifs is 16. The molecule has 0 radical (unpaired) electrons. The maximum atomic E-state index is 11.8. The second-order valence-corrected chi connectivity index (χ2v) is 32.7. The average molecular weight is 1510 g/mol. The second kappa shape index (κ2) is 25.6. The fourth-order valence-corrected chi connectivity index (χ4v) is 21.5. The summed E-state index contributed by atoms with van der Waals surface area (Å²) >= 11 is 3.32. The zero-order chi connectivity index (χ0) is 81.1. The SMILES string of the molecule is [2H]c1c2c3c(c([2H])c1N(c1ccccc1)c1ccccc1)Oc1c(sc4ccccc14)B3c1cc3c(cc1N2)N(c1c(C)cc(C)cc1C)c1c([2H])c(N(c2ccccc2)c2ccccc2)c([2H])c2c1B3c1cc3c(cc1N2c1c(C)cc(C)cc1C)Oc1c([2H])c(N(c2ccccc2)c2ccccc2)c([2H])c2c1B3c1sc3ccccc3c1O2. The number of para-hydroxylation sites is 6. The predicted octanol–water partition coefficient (Wildman–Crippen LogP) is 21.9.